The van der Waals surface area contributed by atoms with Crippen molar-refractivity contribution in [3.63, 3.8) is 0 Å². The number of hydrogen-bond acceptors (Lipinski definition) is 6. The topological polar surface area (TPSA) is 73.3 Å². The van der Waals surface area contributed by atoms with Crippen LogP contribution in [0, 0.1) is 0 Å². The lowest BCUT2D eigenvalue weighted by Gasteiger charge is -2.05. The van der Waals surface area contributed by atoms with E-state index in [2.05, 4.69) is 15.3 Å². The molecule has 0 saturated carbocycles. The fraction of sp³-hybridized carbons (Fsp3) is 0.500. The zero-order valence-electron chi connectivity index (χ0n) is 9.40. The molecule has 0 bridgehead atoms. The standard InChI is InChI=1S/C10H15N3O3/c1-3-16-9(14)8-4-5-11-10(13-8)12-6-7-15-2/h4-5H,3,6-7H2,1-2H3,(H,11,12,13). The van der Waals surface area contributed by atoms with Gasteiger partial charge in [-0.25, -0.2) is 14.8 Å². The number of anilines is 1. The number of carbonyl (C=O) groups excluding carboxylic acids is 1. The summed E-state index contributed by atoms with van der Waals surface area (Å²) in [7, 11) is 1.61. The third-order valence-corrected chi connectivity index (χ3v) is 1.73. The Morgan fingerprint density at radius 3 is 3.06 bits per heavy atom. The Labute approximate surface area is 94.0 Å². The number of rotatable bonds is 6. The van der Waals surface area contributed by atoms with Crippen LogP contribution in [-0.2, 0) is 9.47 Å². The van der Waals surface area contributed by atoms with Gasteiger partial charge in [-0.15, -0.1) is 0 Å². The molecule has 0 aromatic carbocycles. The van der Waals surface area contributed by atoms with Gasteiger partial charge in [-0.05, 0) is 13.0 Å². The van der Waals surface area contributed by atoms with Crippen LogP contribution in [0.4, 0.5) is 5.95 Å². The molecule has 0 aliphatic rings. The molecule has 1 aromatic heterocycles. The van der Waals surface area contributed by atoms with Crippen molar-refractivity contribution in [3.8, 4) is 0 Å². The minimum Gasteiger partial charge on any atom is -0.461 e. The van der Waals surface area contributed by atoms with Gasteiger partial charge < -0.3 is 14.8 Å². The first kappa shape index (κ1) is 12.4. The average Bonchev–Trinajstić information content (AvgIpc) is 2.30. The molecule has 0 atom stereocenters. The van der Waals surface area contributed by atoms with Gasteiger partial charge in [0.2, 0.25) is 5.95 Å². The van der Waals surface area contributed by atoms with Crippen molar-refractivity contribution >= 4 is 11.9 Å². The van der Waals surface area contributed by atoms with Gasteiger partial charge in [0, 0.05) is 19.9 Å². The summed E-state index contributed by atoms with van der Waals surface area (Å²) in [4.78, 5) is 19.3. The molecule has 1 rings (SSSR count). The molecule has 0 spiro atoms. The molecule has 0 saturated heterocycles. The highest BCUT2D eigenvalue weighted by molar-refractivity contribution is 5.87. The number of nitrogens with zero attached hydrogens (tertiary/aromatic N) is 2. The van der Waals surface area contributed by atoms with E-state index in [-0.39, 0.29) is 5.69 Å². The SMILES string of the molecule is CCOC(=O)c1ccnc(NCCOC)n1. The van der Waals surface area contributed by atoms with Gasteiger partial charge in [-0.3, -0.25) is 0 Å². The quantitative estimate of drug-likeness (QED) is 0.568. The number of ether oxygens (including phenoxy) is 2. The van der Waals surface area contributed by atoms with Crippen molar-refractivity contribution in [1.29, 1.82) is 0 Å². The Morgan fingerprint density at radius 2 is 2.38 bits per heavy atom. The van der Waals surface area contributed by atoms with Crippen molar-refractivity contribution in [2.45, 2.75) is 6.92 Å². The van der Waals surface area contributed by atoms with Crippen LogP contribution in [0.25, 0.3) is 0 Å². The Hall–Kier alpha value is -1.69. The van der Waals surface area contributed by atoms with Gasteiger partial charge in [-0.2, -0.15) is 0 Å². The summed E-state index contributed by atoms with van der Waals surface area (Å²) in [5.74, 6) is -0.0534. The van der Waals surface area contributed by atoms with Crippen molar-refractivity contribution < 1.29 is 14.3 Å². The Bertz CT molecular complexity index is 344. The smallest absolute Gasteiger partial charge is 0.357 e. The molecular weight excluding hydrogens is 210 g/mol. The largest absolute Gasteiger partial charge is 0.461 e. The van der Waals surface area contributed by atoms with Crippen molar-refractivity contribution in [2.24, 2.45) is 0 Å². The summed E-state index contributed by atoms with van der Waals surface area (Å²) in [5, 5.41) is 2.93. The first-order valence-electron chi connectivity index (χ1n) is 5.01. The maximum Gasteiger partial charge on any atom is 0.357 e. The number of esters is 1. The van der Waals surface area contributed by atoms with Crippen LogP contribution >= 0.6 is 0 Å². The second-order valence-corrected chi connectivity index (χ2v) is 2.91. The molecule has 0 aliphatic heterocycles. The van der Waals surface area contributed by atoms with E-state index < -0.39 is 5.97 Å². The highest BCUT2D eigenvalue weighted by Crippen LogP contribution is 2.01. The summed E-state index contributed by atoms with van der Waals surface area (Å²) < 4.78 is 9.70. The van der Waals surface area contributed by atoms with Gasteiger partial charge in [-0.1, -0.05) is 0 Å². The van der Waals surface area contributed by atoms with E-state index in [1.54, 1.807) is 14.0 Å². The molecule has 6 nitrogen and oxygen atoms in total. The number of nitrogens with one attached hydrogen (secondary N) is 1. The van der Waals surface area contributed by atoms with Crippen LogP contribution in [0.5, 0.6) is 0 Å². The van der Waals surface area contributed by atoms with Crippen LogP contribution in [0.2, 0.25) is 0 Å². The first-order valence-corrected chi connectivity index (χ1v) is 5.01. The molecule has 0 amide bonds. The highest BCUT2D eigenvalue weighted by atomic mass is 16.5. The average molecular weight is 225 g/mol. The van der Waals surface area contributed by atoms with Crippen LogP contribution in [0.3, 0.4) is 0 Å². The molecule has 1 N–H and O–H groups in total. The number of carbonyl (C=O) groups is 1. The van der Waals surface area contributed by atoms with Crippen LogP contribution in [-0.4, -0.2) is 42.8 Å². The summed E-state index contributed by atoms with van der Waals surface area (Å²) in [5.41, 5.74) is 0.247. The summed E-state index contributed by atoms with van der Waals surface area (Å²) in [6, 6.07) is 1.51. The van der Waals surface area contributed by atoms with Gasteiger partial charge >= 0.3 is 5.97 Å². The van der Waals surface area contributed by atoms with E-state index >= 15 is 0 Å². The van der Waals surface area contributed by atoms with Gasteiger partial charge in [0.15, 0.2) is 5.69 Å². The second-order valence-electron chi connectivity index (χ2n) is 2.91. The van der Waals surface area contributed by atoms with Gasteiger partial charge in [0.05, 0.1) is 13.2 Å². The van der Waals surface area contributed by atoms with Gasteiger partial charge in [0.25, 0.3) is 0 Å². The summed E-state index contributed by atoms with van der Waals surface area (Å²) in [6.45, 7) is 3.21. The fourth-order valence-corrected chi connectivity index (χ4v) is 1.03. The number of aromatic nitrogens is 2. The zero-order valence-corrected chi connectivity index (χ0v) is 9.40. The molecule has 0 radical (unpaired) electrons. The maximum absolute atomic E-state index is 11.4. The fourth-order valence-electron chi connectivity index (χ4n) is 1.03. The molecule has 16 heavy (non-hydrogen) atoms. The molecule has 0 unspecified atom stereocenters. The summed E-state index contributed by atoms with van der Waals surface area (Å²) in [6.07, 6.45) is 1.51. The Balaban J connectivity index is 2.60. The van der Waals surface area contributed by atoms with E-state index in [4.69, 9.17) is 9.47 Å². The lowest BCUT2D eigenvalue weighted by Crippen LogP contribution is -2.13. The minimum atomic E-state index is -0.445. The van der Waals surface area contributed by atoms with E-state index in [9.17, 15) is 4.79 Å². The lowest BCUT2D eigenvalue weighted by atomic mass is 10.4. The van der Waals surface area contributed by atoms with Crippen molar-refractivity contribution in [2.75, 3.05) is 32.2 Å². The predicted octanol–water partition coefficient (Wildman–Crippen LogP) is 0.712. The lowest BCUT2D eigenvalue weighted by molar-refractivity contribution is 0.0519. The summed E-state index contributed by atoms with van der Waals surface area (Å²) >= 11 is 0. The predicted molar refractivity (Wildman–Crippen MR) is 58.4 cm³/mol. The molecule has 6 heteroatoms. The third-order valence-electron chi connectivity index (χ3n) is 1.73. The zero-order chi connectivity index (χ0) is 11.8. The van der Waals surface area contributed by atoms with Crippen molar-refractivity contribution in [1.82, 2.24) is 9.97 Å². The monoisotopic (exact) mass is 225 g/mol. The maximum atomic E-state index is 11.4. The first-order chi connectivity index (χ1) is 7.77. The third kappa shape index (κ3) is 3.82. The molecule has 0 aliphatic carbocycles. The van der Waals surface area contributed by atoms with E-state index in [0.717, 1.165) is 0 Å². The van der Waals surface area contributed by atoms with E-state index in [1.807, 2.05) is 0 Å². The van der Waals surface area contributed by atoms with E-state index in [1.165, 1.54) is 12.3 Å². The van der Waals surface area contributed by atoms with Crippen LogP contribution < -0.4 is 5.32 Å². The Kier molecular flexibility index (Phi) is 5.21. The molecule has 88 valence electrons. The molecule has 1 aromatic rings. The highest BCUT2D eigenvalue weighted by Gasteiger charge is 2.08. The van der Waals surface area contributed by atoms with Crippen LogP contribution in [0.15, 0.2) is 12.3 Å². The second kappa shape index (κ2) is 6.73. The number of hydrogen-bond donors (Lipinski definition) is 1. The molecule has 0 fully saturated rings. The molecule has 1 heterocycles. The minimum absolute atomic E-state index is 0.247. The Morgan fingerprint density at radius 1 is 1.56 bits per heavy atom. The van der Waals surface area contributed by atoms with E-state index in [0.29, 0.717) is 25.7 Å². The van der Waals surface area contributed by atoms with Crippen molar-refractivity contribution in [3.05, 3.63) is 18.0 Å². The van der Waals surface area contributed by atoms with Gasteiger partial charge in [0.1, 0.15) is 0 Å². The van der Waals surface area contributed by atoms with Crippen LogP contribution in [0.1, 0.15) is 17.4 Å². The normalized spacial score (nSPS) is 9.88. The molecular formula is C10H15N3O3. The number of methoxy groups -OCH3 is 1.